The largest absolute Gasteiger partial charge is 0.240 e. The number of sulfonamides is 1. The Morgan fingerprint density at radius 3 is 2.43 bits per heavy atom. The highest BCUT2D eigenvalue weighted by atomic mass is 79.9. The molecular formula is C9H12BrNO2S. The highest BCUT2D eigenvalue weighted by Crippen LogP contribution is 2.08. The van der Waals surface area contributed by atoms with Gasteiger partial charge in [-0.1, -0.05) is 34.1 Å². The van der Waals surface area contributed by atoms with Gasteiger partial charge in [0, 0.05) is 11.4 Å². The van der Waals surface area contributed by atoms with Crippen LogP contribution in [0.15, 0.2) is 35.2 Å². The molecule has 1 rings (SSSR count). The fraction of sp³-hybridized carbons (Fsp3) is 0.333. The van der Waals surface area contributed by atoms with E-state index in [0.717, 1.165) is 0 Å². The summed E-state index contributed by atoms with van der Waals surface area (Å²) in [5, 5.41) is 0.596. The Bertz CT molecular complexity index is 377. The Kier molecular flexibility index (Phi) is 4.10. The fourth-order valence-electron chi connectivity index (χ4n) is 0.964. The van der Waals surface area contributed by atoms with Gasteiger partial charge in [0.1, 0.15) is 0 Å². The molecule has 0 saturated heterocycles. The molecule has 1 aromatic carbocycles. The summed E-state index contributed by atoms with van der Waals surface area (Å²) in [5.74, 6) is 0. The van der Waals surface area contributed by atoms with Crippen LogP contribution in [0.1, 0.15) is 6.92 Å². The van der Waals surface area contributed by atoms with Crippen LogP contribution in [0.3, 0.4) is 0 Å². The summed E-state index contributed by atoms with van der Waals surface area (Å²) in [4.78, 5) is 0.299. The van der Waals surface area contributed by atoms with E-state index in [-0.39, 0.29) is 6.04 Å². The lowest BCUT2D eigenvalue weighted by atomic mass is 10.4. The average Bonchev–Trinajstić information content (AvgIpc) is 2.18. The van der Waals surface area contributed by atoms with E-state index in [1.54, 1.807) is 37.3 Å². The molecule has 0 radical (unpaired) electrons. The molecule has 0 saturated carbocycles. The van der Waals surface area contributed by atoms with Crippen LogP contribution in [-0.2, 0) is 10.0 Å². The summed E-state index contributed by atoms with van der Waals surface area (Å²) in [7, 11) is -3.35. The minimum atomic E-state index is -3.35. The first kappa shape index (κ1) is 11.7. The summed E-state index contributed by atoms with van der Waals surface area (Å²) in [6, 6.07) is 8.22. The monoisotopic (exact) mass is 277 g/mol. The number of benzene rings is 1. The first-order valence-corrected chi connectivity index (χ1v) is 6.80. The molecule has 0 amide bonds. The van der Waals surface area contributed by atoms with Crippen molar-refractivity contribution in [1.82, 2.24) is 4.72 Å². The zero-order valence-electron chi connectivity index (χ0n) is 7.77. The fourth-order valence-corrected chi connectivity index (χ4v) is 2.60. The third-order valence-corrected chi connectivity index (χ3v) is 4.22. The van der Waals surface area contributed by atoms with Crippen LogP contribution in [0.2, 0.25) is 0 Å². The molecule has 0 fully saturated rings. The maximum Gasteiger partial charge on any atom is 0.240 e. The Hall–Kier alpha value is -0.390. The van der Waals surface area contributed by atoms with Crippen LogP contribution >= 0.6 is 15.9 Å². The summed E-state index contributed by atoms with van der Waals surface area (Å²) in [6.45, 7) is 1.80. The highest BCUT2D eigenvalue weighted by Gasteiger charge is 2.15. The molecule has 0 aliphatic rings. The predicted octanol–water partition coefficient (Wildman–Crippen LogP) is 1.75. The molecule has 0 spiro atoms. The minimum absolute atomic E-state index is 0.111. The number of alkyl halides is 1. The lowest BCUT2D eigenvalue weighted by molar-refractivity contribution is 0.571. The molecule has 0 heterocycles. The zero-order valence-corrected chi connectivity index (χ0v) is 10.2. The molecule has 5 heteroatoms. The van der Waals surface area contributed by atoms with Gasteiger partial charge in [-0.25, -0.2) is 13.1 Å². The van der Waals surface area contributed by atoms with E-state index in [1.807, 2.05) is 0 Å². The predicted molar refractivity (Wildman–Crippen MR) is 60.0 cm³/mol. The number of rotatable bonds is 4. The molecule has 3 nitrogen and oxygen atoms in total. The van der Waals surface area contributed by atoms with Gasteiger partial charge < -0.3 is 0 Å². The van der Waals surface area contributed by atoms with Gasteiger partial charge in [0.05, 0.1) is 4.90 Å². The van der Waals surface area contributed by atoms with Gasteiger partial charge >= 0.3 is 0 Å². The minimum Gasteiger partial charge on any atom is -0.208 e. The van der Waals surface area contributed by atoms with E-state index in [2.05, 4.69) is 20.7 Å². The van der Waals surface area contributed by atoms with Gasteiger partial charge in [-0.05, 0) is 19.1 Å². The summed E-state index contributed by atoms with van der Waals surface area (Å²) >= 11 is 3.21. The van der Waals surface area contributed by atoms with Crippen LogP contribution in [-0.4, -0.2) is 19.8 Å². The molecule has 0 aliphatic carbocycles. The Morgan fingerprint density at radius 1 is 1.36 bits per heavy atom. The maximum absolute atomic E-state index is 11.7. The second-order valence-electron chi connectivity index (χ2n) is 2.99. The van der Waals surface area contributed by atoms with E-state index >= 15 is 0 Å². The molecule has 0 aromatic heterocycles. The van der Waals surface area contributed by atoms with Crippen molar-refractivity contribution in [2.24, 2.45) is 0 Å². The quantitative estimate of drug-likeness (QED) is 0.853. The molecule has 1 atom stereocenters. The number of halogens is 1. The van der Waals surface area contributed by atoms with Crippen molar-refractivity contribution in [1.29, 1.82) is 0 Å². The van der Waals surface area contributed by atoms with Gasteiger partial charge in [0.25, 0.3) is 0 Å². The first-order valence-electron chi connectivity index (χ1n) is 4.19. The van der Waals surface area contributed by atoms with E-state index < -0.39 is 10.0 Å². The van der Waals surface area contributed by atoms with E-state index in [4.69, 9.17) is 0 Å². The third kappa shape index (κ3) is 3.08. The van der Waals surface area contributed by atoms with Crippen LogP contribution in [0.25, 0.3) is 0 Å². The summed E-state index contributed by atoms with van der Waals surface area (Å²) < 4.78 is 25.9. The van der Waals surface area contributed by atoms with Crippen molar-refractivity contribution in [3.05, 3.63) is 30.3 Å². The lowest BCUT2D eigenvalue weighted by Gasteiger charge is -2.10. The van der Waals surface area contributed by atoms with E-state index in [9.17, 15) is 8.42 Å². The number of nitrogens with one attached hydrogen (secondary N) is 1. The molecule has 0 aliphatic heterocycles. The van der Waals surface area contributed by atoms with Gasteiger partial charge in [-0.2, -0.15) is 0 Å². The smallest absolute Gasteiger partial charge is 0.208 e. The van der Waals surface area contributed by atoms with E-state index in [0.29, 0.717) is 10.2 Å². The normalized spacial score (nSPS) is 13.9. The van der Waals surface area contributed by atoms with Crippen molar-refractivity contribution in [2.75, 3.05) is 5.33 Å². The zero-order chi connectivity index (χ0) is 10.6. The van der Waals surface area contributed by atoms with Gasteiger partial charge in [-0.15, -0.1) is 0 Å². The average molecular weight is 278 g/mol. The summed E-state index contributed by atoms with van der Waals surface area (Å²) in [5.41, 5.74) is 0. The molecule has 78 valence electrons. The molecule has 0 bridgehead atoms. The Morgan fingerprint density at radius 2 is 1.93 bits per heavy atom. The van der Waals surface area contributed by atoms with Crippen LogP contribution in [0, 0.1) is 0 Å². The second kappa shape index (κ2) is 4.91. The molecular weight excluding hydrogens is 266 g/mol. The maximum atomic E-state index is 11.7. The standard InChI is InChI=1S/C9H12BrNO2S/c1-8(7-10)11-14(12,13)9-5-3-2-4-6-9/h2-6,8,11H,7H2,1H3. The Balaban J connectivity index is 2.87. The van der Waals surface area contributed by atoms with Crippen molar-refractivity contribution in [3.63, 3.8) is 0 Å². The highest BCUT2D eigenvalue weighted by molar-refractivity contribution is 9.09. The first-order chi connectivity index (χ1) is 6.56. The molecule has 1 N–H and O–H groups in total. The second-order valence-corrected chi connectivity index (χ2v) is 5.35. The van der Waals surface area contributed by atoms with Crippen molar-refractivity contribution in [2.45, 2.75) is 17.9 Å². The van der Waals surface area contributed by atoms with Crippen LogP contribution in [0.5, 0.6) is 0 Å². The van der Waals surface area contributed by atoms with Gasteiger partial charge in [-0.3, -0.25) is 0 Å². The van der Waals surface area contributed by atoms with E-state index in [1.165, 1.54) is 0 Å². The molecule has 1 unspecified atom stereocenters. The van der Waals surface area contributed by atoms with Crippen molar-refractivity contribution in [3.8, 4) is 0 Å². The lowest BCUT2D eigenvalue weighted by Crippen LogP contribution is -2.33. The molecule has 1 aromatic rings. The van der Waals surface area contributed by atoms with Crippen LogP contribution < -0.4 is 4.72 Å². The number of hydrogen-bond donors (Lipinski definition) is 1. The third-order valence-electron chi connectivity index (χ3n) is 1.64. The van der Waals surface area contributed by atoms with Crippen molar-refractivity contribution < 1.29 is 8.42 Å². The summed E-state index contributed by atoms with van der Waals surface area (Å²) in [6.07, 6.45) is 0. The van der Waals surface area contributed by atoms with Gasteiger partial charge in [0.15, 0.2) is 0 Å². The topological polar surface area (TPSA) is 46.2 Å². The molecule has 14 heavy (non-hydrogen) atoms. The van der Waals surface area contributed by atoms with Crippen molar-refractivity contribution >= 4 is 26.0 Å². The van der Waals surface area contributed by atoms with Crippen LogP contribution in [0.4, 0.5) is 0 Å². The SMILES string of the molecule is CC(CBr)NS(=O)(=O)c1ccccc1. The van der Waals surface area contributed by atoms with Gasteiger partial charge in [0.2, 0.25) is 10.0 Å². The number of hydrogen-bond acceptors (Lipinski definition) is 2. The Labute approximate surface area is 92.7 Å².